The maximum atomic E-state index is 12.5. The Balaban J connectivity index is 0.00000192. The van der Waals surface area contributed by atoms with Crippen molar-refractivity contribution in [1.82, 2.24) is 5.32 Å². The van der Waals surface area contributed by atoms with E-state index in [4.69, 9.17) is 5.73 Å². The number of hydrogen-bond acceptors (Lipinski definition) is 2. The second-order valence-corrected chi connectivity index (χ2v) is 6.71. The molecule has 0 radical (unpaired) electrons. The molecule has 0 spiro atoms. The largest absolute Gasteiger partial charge is 0.343 e. The molecule has 0 bridgehead atoms. The summed E-state index contributed by atoms with van der Waals surface area (Å²) in [6, 6.07) is 15.7. The fraction of sp³-hybridized carbons (Fsp3) is 0.278. The molecule has 0 atom stereocenters. The van der Waals surface area contributed by atoms with Gasteiger partial charge in [-0.05, 0) is 54.7 Å². The van der Waals surface area contributed by atoms with Crippen LogP contribution in [0.2, 0.25) is 0 Å². The molecule has 0 unspecified atom stereocenters. The SMILES string of the molecule is Cl.NCc1ccc(C(=O)NC2(c3ccc(Br)cc3)CCC2)cc1. The molecule has 23 heavy (non-hydrogen) atoms. The molecule has 3 N–H and O–H groups in total. The quantitative estimate of drug-likeness (QED) is 0.817. The average molecular weight is 396 g/mol. The van der Waals surface area contributed by atoms with Crippen LogP contribution in [0.1, 0.15) is 40.7 Å². The van der Waals surface area contributed by atoms with Crippen LogP contribution in [-0.4, -0.2) is 5.91 Å². The highest BCUT2D eigenvalue weighted by Crippen LogP contribution is 2.41. The standard InChI is InChI=1S/C18H19BrN2O.ClH/c19-16-8-6-15(7-9-16)18(10-1-11-18)21-17(22)14-4-2-13(12-20)3-5-14;/h2-9H,1,10-12,20H2,(H,21,22);1H. The van der Waals surface area contributed by atoms with Crippen LogP contribution in [0.4, 0.5) is 0 Å². The zero-order chi connectivity index (χ0) is 15.6. The van der Waals surface area contributed by atoms with Gasteiger partial charge in [-0.15, -0.1) is 12.4 Å². The van der Waals surface area contributed by atoms with E-state index in [-0.39, 0.29) is 23.9 Å². The highest BCUT2D eigenvalue weighted by Gasteiger charge is 2.40. The number of rotatable bonds is 4. The van der Waals surface area contributed by atoms with Crippen LogP contribution in [0, 0.1) is 0 Å². The number of halogens is 2. The Bertz CT molecular complexity index is 666. The molecule has 122 valence electrons. The van der Waals surface area contributed by atoms with Crippen LogP contribution in [0.25, 0.3) is 0 Å². The van der Waals surface area contributed by atoms with Gasteiger partial charge in [0, 0.05) is 16.6 Å². The smallest absolute Gasteiger partial charge is 0.251 e. The molecule has 2 aromatic carbocycles. The van der Waals surface area contributed by atoms with Crippen LogP contribution in [0.3, 0.4) is 0 Å². The predicted molar refractivity (Wildman–Crippen MR) is 98.7 cm³/mol. The molecular formula is C18H20BrClN2O. The van der Waals surface area contributed by atoms with E-state index in [1.165, 1.54) is 5.56 Å². The zero-order valence-electron chi connectivity index (χ0n) is 12.7. The Kier molecular flexibility index (Phi) is 5.84. The number of hydrogen-bond donors (Lipinski definition) is 2. The summed E-state index contributed by atoms with van der Waals surface area (Å²) in [5.74, 6) is -0.0220. The van der Waals surface area contributed by atoms with Crippen LogP contribution >= 0.6 is 28.3 Å². The molecule has 5 heteroatoms. The van der Waals surface area contributed by atoms with Crippen molar-refractivity contribution in [3.05, 3.63) is 69.7 Å². The third-order valence-electron chi connectivity index (χ3n) is 4.41. The zero-order valence-corrected chi connectivity index (χ0v) is 15.1. The first-order valence-corrected chi connectivity index (χ1v) is 8.30. The van der Waals surface area contributed by atoms with Gasteiger partial charge in [-0.25, -0.2) is 0 Å². The molecule has 1 amide bonds. The van der Waals surface area contributed by atoms with Gasteiger partial charge in [-0.2, -0.15) is 0 Å². The fourth-order valence-electron chi connectivity index (χ4n) is 2.87. The Morgan fingerprint density at radius 2 is 1.70 bits per heavy atom. The van der Waals surface area contributed by atoms with Gasteiger partial charge in [-0.1, -0.05) is 40.2 Å². The fourth-order valence-corrected chi connectivity index (χ4v) is 3.13. The van der Waals surface area contributed by atoms with Gasteiger partial charge >= 0.3 is 0 Å². The van der Waals surface area contributed by atoms with Crippen molar-refractivity contribution in [3.63, 3.8) is 0 Å². The molecule has 0 aliphatic heterocycles. The summed E-state index contributed by atoms with van der Waals surface area (Å²) in [5.41, 5.74) is 8.26. The lowest BCUT2D eigenvalue weighted by atomic mass is 9.71. The van der Waals surface area contributed by atoms with Crippen LogP contribution < -0.4 is 11.1 Å². The topological polar surface area (TPSA) is 55.1 Å². The average Bonchev–Trinajstić information content (AvgIpc) is 2.52. The first-order chi connectivity index (χ1) is 10.6. The Morgan fingerprint density at radius 1 is 1.09 bits per heavy atom. The van der Waals surface area contributed by atoms with Gasteiger partial charge in [0.05, 0.1) is 5.54 Å². The Hall–Kier alpha value is -1.36. The van der Waals surface area contributed by atoms with Crippen LogP contribution in [-0.2, 0) is 12.1 Å². The summed E-state index contributed by atoms with van der Waals surface area (Å²) in [6.07, 6.45) is 3.12. The molecule has 0 saturated heterocycles. The van der Waals surface area contributed by atoms with Crippen molar-refractivity contribution < 1.29 is 4.79 Å². The van der Waals surface area contributed by atoms with Gasteiger partial charge in [0.1, 0.15) is 0 Å². The summed E-state index contributed by atoms with van der Waals surface area (Å²) >= 11 is 3.46. The number of carbonyl (C=O) groups excluding carboxylic acids is 1. The molecular weight excluding hydrogens is 376 g/mol. The molecule has 3 nitrogen and oxygen atoms in total. The van der Waals surface area contributed by atoms with E-state index in [0.29, 0.717) is 12.1 Å². The summed E-state index contributed by atoms with van der Waals surface area (Å²) in [7, 11) is 0. The molecule has 1 aliphatic carbocycles. The summed E-state index contributed by atoms with van der Waals surface area (Å²) in [6.45, 7) is 0.491. The summed E-state index contributed by atoms with van der Waals surface area (Å²) in [4.78, 5) is 12.5. The van der Waals surface area contributed by atoms with Gasteiger partial charge in [0.25, 0.3) is 5.91 Å². The van der Waals surface area contributed by atoms with Crippen molar-refractivity contribution >= 4 is 34.2 Å². The van der Waals surface area contributed by atoms with E-state index < -0.39 is 0 Å². The molecule has 2 aromatic rings. The van der Waals surface area contributed by atoms with E-state index >= 15 is 0 Å². The van der Waals surface area contributed by atoms with Crippen LogP contribution in [0.5, 0.6) is 0 Å². The van der Waals surface area contributed by atoms with Crippen molar-refractivity contribution in [2.24, 2.45) is 5.73 Å². The first-order valence-electron chi connectivity index (χ1n) is 7.50. The maximum Gasteiger partial charge on any atom is 0.251 e. The van der Waals surface area contributed by atoms with Gasteiger partial charge in [-0.3, -0.25) is 4.79 Å². The lowest BCUT2D eigenvalue weighted by Crippen LogP contribution is -2.50. The third kappa shape index (κ3) is 3.77. The number of benzene rings is 2. The molecule has 0 aromatic heterocycles. The van der Waals surface area contributed by atoms with Gasteiger partial charge < -0.3 is 11.1 Å². The highest BCUT2D eigenvalue weighted by atomic mass is 79.9. The van der Waals surface area contributed by atoms with E-state index in [2.05, 4.69) is 33.4 Å². The van der Waals surface area contributed by atoms with E-state index in [1.54, 1.807) is 0 Å². The van der Waals surface area contributed by atoms with Crippen molar-refractivity contribution in [2.75, 3.05) is 0 Å². The second kappa shape index (κ2) is 7.47. The van der Waals surface area contributed by atoms with E-state index in [0.717, 1.165) is 29.3 Å². The Morgan fingerprint density at radius 3 is 2.17 bits per heavy atom. The van der Waals surface area contributed by atoms with Gasteiger partial charge in [0.15, 0.2) is 0 Å². The number of nitrogens with one attached hydrogen (secondary N) is 1. The second-order valence-electron chi connectivity index (χ2n) is 5.80. The summed E-state index contributed by atoms with van der Waals surface area (Å²) in [5, 5.41) is 3.23. The van der Waals surface area contributed by atoms with Gasteiger partial charge in [0.2, 0.25) is 0 Å². The highest BCUT2D eigenvalue weighted by molar-refractivity contribution is 9.10. The normalized spacial score (nSPS) is 15.2. The van der Waals surface area contributed by atoms with Crippen molar-refractivity contribution in [3.8, 4) is 0 Å². The molecule has 0 heterocycles. The van der Waals surface area contributed by atoms with E-state index in [9.17, 15) is 4.79 Å². The minimum Gasteiger partial charge on any atom is -0.343 e. The van der Waals surface area contributed by atoms with Crippen molar-refractivity contribution in [2.45, 2.75) is 31.3 Å². The lowest BCUT2D eigenvalue weighted by molar-refractivity contribution is 0.0823. The lowest BCUT2D eigenvalue weighted by Gasteiger charge is -2.43. The predicted octanol–water partition coefficient (Wildman–Crippen LogP) is 4.14. The minimum absolute atomic E-state index is 0. The van der Waals surface area contributed by atoms with Crippen molar-refractivity contribution in [1.29, 1.82) is 0 Å². The molecule has 1 aliphatic rings. The minimum atomic E-state index is -0.218. The molecule has 1 saturated carbocycles. The summed E-state index contributed by atoms with van der Waals surface area (Å²) < 4.78 is 1.05. The monoisotopic (exact) mass is 394 g/mol. The number of nitrogens with two attached hydrogens (primary N) is 1. The number of amides is 1. The number of carbonyl (C=O) groups is 1. The molecule has 3 rings (SSSR count). The maximum absolute atomic E-state index is 12.5. The third-order valence-corrected chi connectivity index (χ3v) is 4.94. The van der Waals surface area contributed by atoms with Crippen LogP contribution in [0.15, 0.2) is 53.0 Å². The Labute approximate surface area is 151 Å². The molecule has 1 fully saturated rings. The van der Waals surface area contributed by atoms with E-state index in [1.807, 2.05) is 36.4 Å². The first kappa shape index (κ1) is 18.0.